The topological polar surface area (TPSA) is 66.9 Å². The lowest BCUT2D eigenvalue weighted by Crippen LogP contribution is -2.44. The third-order valence-corrected chi connectivity index (χ3v) is 7.60. The molecule has 0 aliphatic carbocycles. The molecule has 2 atom stereocenters. The average Bonchev–Trinajstić information content (AvgIpc) is 2.87. The van der Waals surface area contributed by atoms with Gasteiger partial charge < -0.3 is 9.64 Å². The minimum atomic E-state index is -2.99. The molecule has 1 amide bonds. The monoisotopic (exact) mass is 394 g/mol. The Bertz CT molecular complexity index is 748. The van der Waals surface area contributed by atoms with Gasteiger partial charge in [-0.1, -0.05) is 25.0 Å². The van der Waals surface area contributed by atoms with Crippen molar-refractivity contribution in [1.29, 1.82) is 0 Å². The van der Waals surface area contributed by atoms with Crippen molar-refractivity contribution in [2.45, 2.75) is 44.2 Å². The maximum atomic E-state index is 12.9. The summed E-state index contributed by atoms with van der Waals surface area (Å²) in [5.41, 5.74) is 1.21. The van der Waals surface area contributed by atoms with E-state index in [-0.39, 0.29) is 29.5 Å². The van der Waals surface area contributed by atoms with Crippen LogP contribution < -0.4 is 4.74 Å². The van der Waals surface area contributed by atoms with Crippen LogP contribution in [0.4, 0.5) is 0 Å². The van der Waals surface area contributed by atoms with Gasteiger partial charge in [-0.3, -0.25) is 9.69 Å². The number of ether oxygens (including phenoxy) is 1. The lowest BCUT2D eigenvalue weighted by Gasteiger charge is -2.32. The fraction of sp³-hybridized carbons (Fsp3) is 0.650. The van der Waals surface area contributed by atoms with Crippen LogP contribution in [0, 0.1) is 0 Å². The van der Waals surface area contributed by atoms with Crippen molar-refractivity contribution in [2.24, 2.45) is 0 Å². The summed E-state index contributed by atoms with van der Waals surface area (Å²) in [6, 6.07) is 8.13. The van der Waals surface area contributed by atoms with Crippen molar-refractivity contribution in [2.75, 3.05) is 38.8 Å². The number of sulfone groups is 1. The number of likely N-dealkylation sites (N-methyl/N-ethyl adjacent to an activating group) is 1. The third-order valence-electron chi connectivity index (χ3n) is 5.85. The molecule has 2 saturated heterocycles. The highest BCUT2D eigenvalue weighted by Crippen LogP contribution is 2.31. The number of methoxy groups -OCH3 is 1. The molecule has 0 aromatic heterocycles. The van der Waals surface area contributed by atoms with Gasteiger partial charge in [-0.25, -0.2) is 8.42 Å². The Hall–Kier alpha value is -1.60. The molecule has 0 N–H and O–H groups in total. The van der Waals surface area contributed by atoms with E-state index in [0.717, 1.165) is 31.6 Å². The summed E-state index contributed by atoms with van der Waals surface area (Å²) in [5, 5.41) is 0. The number of nitrogens with zero attached hydrogens (tertiary/aromatic N) is 2. The van der Waals surface area contributed by atoms with Gasteiger partial charge in [0.25, 0.3) is 0 Å². The summed E-state index contributed by atoms with van der Waals surface area (Å²) in [5.74, 6) is 1.12. The minimum Gasteiger partial charge on any atom is -0.497 e. The smallest absolute Gasteiger partial charge is 0.236 e. The molecule has 0 unspecified atom stereocenters. The molecule has 0 bridgehead atoms. The van der Waals surface area contributed by atoms with Gasteiger partial charge in [0, 0.05) is 19.1 Å². The number of carbonyl (C=O) groups excluding carboxylic acids is 1. The molecule has 7 heteroatoms. The summed E-state index contributed by atoms with van der Waals surface area (Å²) in [4.78, 5) is 16.8. The molecule has 2 fully saturated rings. The number of amides is 1. The van der Waals surface area contributed by atoms with E-state index in [1.54, 1.807) is 19.1 Å². The van der Waals surface area contributed by atoms with Gasteiger partial charge in [-0.15, -0.1) is 0 Å². The van der Waals surface area contributed by atoms with Gasteiger partial charge in [-0.05, 0) is 43.5 Å². The Kier molecular flexibility index (Phi) is 6.42. The molecule has 2 aliphatic heterocycles. The first-order valence-corrected chi connectivity index (χ1v) is 11.6. The molecule has 0 spiro atoms. The van der Waals surface area contributed by atoms with Crippen LogP contribution in [0.1, 0.15) is 43.7 Å². The number of benzene rings is 1. The van der Waals surface area contributed by atoms with Crippen molar-refractivity contribution < 1.29 is 17.9 Å². The van der Waals surface area contributed by atoms with Crippen LogP contribution >= 0.6 is 0 Å². The first kappa shape index (κ1) is 20.1. The van der Waals surface area contributed by atoms with Gasteiger partial charge in [0.05, 0.1) is 25.2 Å². The second-order valence-electron chi connectivity index (χ2n) is 7.67. The van der Waals surface area contributed by atoms with Crippen molar-refractivity contribution in [3.05, 3.63) is 29.8 Å². The van der Waals surface area contributed by atoms with E-state index in [2.05, 4.69) is 17.0 Å². The Morgan fingerprint density at radius 2 is 1.93 bits per heavy atom. The first-order chi connectivity index (χ1) is 12.9. The van der Waals surface area contributed by atoms with Gasteiger partial charge in [0.15, 0.2) is 9.84 Å². The maximum Gasteiger partial charge on any atom is 0.236 e. The lowest BCUT2D eigenvalue weighted by atomic mass is 10.0. The maximum absolute atomic E-state index is 12.9. The van der Waals surface area contributed by atoms with Crippen LogP contribution in [0.5, 0.6) is 5.75 Å². The Balaban J connectivity index is 1.70. The quantitative estimate of drug-likeness (QED) is 0.766. The molecule has 27 heavy (non-hydrogen) atoms. The fourth-order valence-corrected chi connectivity index (χ4v) is 5.90. The standard InChI is InChI=1S/C20H30N2O4S/c1-21(17-11-13-27(24,25)15-17)20(23)14-22-12-5-3-4-6-19(22)16-7-9-18(26-2)10-8-16/h7-10,17,19H,3-6,11-15H2,1-2H3/t17-,19+/m0/s1. The van der Waals surface area contributed by atoms with Crippen molar-refractivity contribution in [3.63, 3.8) is 0 Å². The minimum absolute atomic E-state index is 0.0116. The molecule has 3 rings (SSSR count). The largest absolute Gasteiger partial charge is 0.497 e. The zero-order chi connectivity index (χ0) is 19.4. The molecular formula is C20H30N2O4S. The number of carbonyl (C=O) groups is 1. The third kappa shape index (κ3) is 5.02. The zero-order valence-electron chi connectivity index (χ0n) is 16.3. The molecule has 0 saturated carbocycles. The molecular weight excluding hydrogens is 364 g/mol. The Morgan fingerprint density at radius 1 is 1.19 bits per heavy atom. The van der Waals surface area contributed by atoms with Gasteiger partial charge in [0.1, 0.15) is 5.75 Å². The van der Waals surface area contributed by atoms with Crippen molar-refractivity contribution in [1.82, 2.24) is 9.80 Å². The SMILES string of the molecule is COc1ccc([C@H]2CCCCCN2CC(=O)N(C)[C@H]2CCS(=O)(=O)C2)cc1. The predicted octanol–water partition coefficient (Wildman–Crippen LogP) is 2.26. The summed E-state index contributed by atoms with van der Waals surface area (Å²) in [6.45, 7) is 1.23. The van der Waals surface area contributed by atoms with E-state index >= 15 is 0 Å². The van der Waals surface area contributed by atoms with Crippen LogP contribution in [0.2, 0.25) is 0 Å². The van der Waals surface area contributed by atoms with E-state index in [4.69, 9.17) is 4.74 Å². The fourth-order valence-electron chi connectivity index (χ4n) is 4.13. The van der Waals surface area contributed by atoms with E-state index in [9.17, 15) is 13.2 Å². The molecule has 0 radical (unpaired) electrons. The summed E-state index contributed by atoms with van der Waals surface area (Å²) < 4.78 is 28.7. The van der Waals surface area contributed by atoms with Gasteiger partial charge >= 0.3 is 0 Å². The summed E-state index contributed by atoms with van der Waals surface area (Å²) in [6.07, 6.45) is 4.99. The molecule has 6 nitrogen and oxygen atoms in total. The predicted molar refractivity (Wildman–Crippen MR) is 106 cm³/mol. The van der Waals surface area contributed by atoms with Crippen LogP contribution in [0.15, 0.2) is 24.3 Å². The normalized spacial score (nSPS) is 25.7. The van der Waals surface area contributed by atoms with E-state index in [0.29, 0.717) is 13.0 Å². The van der Waals surface area contributed by atoms with Gasteiger partial charge in [-0.2, -0.15) is 0 Å². The Labute approximate surface area is 162 Å². The highest BCUT2D eigenvalue weighted by molar-refractivity contribution is 7.91. The number of hydrogen-bond acceptors (Lipinski definition) is 5. The first-order valence-electron chi connectivity index (χ1n) is 9.74. The van der Waals surface area contributed by atoms with Crippen molar-refractivity contribution >= 4 is 15.7 Å². The van der Waals surface area contributed by atoms with E-state index < -0.39 is 9.84 Å². The van der Waals surface area contributed by atoms with E-state index in [1.807, 2.05) is 12.1 Å². The highest BCUT2D eigenvalue weighted by atomic mass is 32.2. The summed E-state index contributed by atoms with van der Waals surface area (Å²) >= 11 is 0. The van der Waals surface area contributed by atoms with Gasteiger partial charge in [0.2, 0.25) is 5.91 Å². The summed E-state index contributed by atoms with van der Waals surface area (Å²) in [7, 11) is 0.409. The van der Waals surface area contributed by atoms with Crippen LogP contribution in [-0.4, -0.2) is 68.9 Å². The van der Waals surface area contributed by atoms with Crippen LogP contribution in [0.3, 0.4) is 0 Å². The number of likely N-dealkylation sites (tertiary alicyclic amines) is 1. The molecule has 2 aliphatic rings. The number of rotatable bonds is 5. The molecule has 150 valence electrons. The highest BCUT2D eigenvalue weighted by Gasteiger charge is 2.34. The van der Waals surface area contributed by atoms with E-state index in [1.165, 1.54) is 12.0 Å². The zero-order valence-corrected chi connectivity index (χ0v) is 17.1. The molecule has 2 heterocycles. The van der Waals surface area contributed by atoms with Crippen LogP contribution in [-0.2, 0) is 14.6 Å². The van der Waals surface area contributed by atoms with Crippen LogP contribution in [0.25, 0.3) is 0 Å². The molecule has 1 aromatic carbocycles. The number of hydrogen-bond donors (Lipinski definition) is 0. The average molecular weight is 395 g/mol. The second-order valence-corrected chi connectivity index (χ2v) is 9.90. The van der Waals surface area contributed by atoms with Crippen molar-refractivity contribution in [3.8, 4) is 5.75 Å². The Morgan fingerprint density at radius 3 is 2.56 bits per heavy atom. The molecule has 1 aromatic rings. The lowest BCUT2D eigenvalue weighted by molar-refractivity contribution is -0.133. The second kappa shape index (κ2) is 8.61.